The third-order valence-electron chi connectivity index (χ3n) is 3.64. The second kappa shape index (κ2) is 10.3. The number of sulfone groups is 1. The molecule has 1 rings (SSSR count). The summed E-state index contributed by atoms with van der Waals surface area (Å²) in [5.41, 5.74) is 1.41. The standard InChI is InChI=1S/C17H29N3O3S.HI/c1-7-18-16(20-12-17(3,4)23-5)19-11-14-8-9-15(13(2)10-14)24(6,21)22;/h8-10H,7,11-12H2,1-6H3,(H2,18,19,20);1H. The smallest absolute Gasteiger partial charge is 0.191 e. The Hall–Kier alpha value is -0.870. The van der Waals surface area contributed by atoms with Crippen LogP contribution in [0.4, 0.5) is 0 Å². The minimum absolute atomic E-state index is 0. The SMILES string of the molecule is CCNC(=NCc1ccc(S(C)(=O)=O)c(C)c1)NCC(C)(C)OC.I. The fourth-order valence-corrected chi connectivity index (χ4v) is 3.07. The van der Waals surface area contributed by atoms with Crippen LogP contribution in [0.25, 0.3) is 0 Å². The maximum absolute atomic E-state index is 11.7. The lowest BCUT2D eigenvalue weighted by molar-refractivity contribution is 0.0268. The number of nitrogens with one attached hydrogen (secondary N) is 2. The Balaban J connectivity index is 0.00000576. The molecule has 0 aliphatic rings. The average Bonchev–Trinajstić information content (AvgIpc) is 2.49. The number of aryl methyl sites for hydroxylation is 1. The number of hydrogen-bond donors (Lipinski definition) is 2. The van der Waals surface area contributed by atoms with Crippen molar-refractivity contribution < 1.29 is 13.2 Å². The van der Waals surface area contributed by atoms with E-state index in [4.69, 9.17) is 4.74 Å². The summed E-state index contributed by atoms with van der Waals surface area (Å²) in [5.74, 6) is 0.701. The Kier molecular flexibility index (Phi) is 9.96. The third-order valence-corrected chi connectivity index (χ3v) is 4.89. The van der Waals surface area contributed by atoms with Crippen LogP contribution in [-0.4, -0.2) is 46.4 Å². The summed E-state index contributed by atoms with van der Waals surface area (Å²) in [5, 5.41) is 6.44. The van der Waals surface area contributed by atoms with E-state index in [1.807, 2.05) is 26.8 Å². The van der Waals surface area contributed by atoms with Crippen molar-refractivity contribution in [2.45, 2.75) is 44.7 Å². The lowest BCUT2D eigenvalue weighted by atomic mass is 10.1. The zero-order valence-corrected chi connectivity index (χ0v) is 19.0. The summed E-state index contributed by atoms with van der Waals surface area (Å²) < 4.78 is 28.7. The topological polar surface area (TPSA) is 79.8 Å². The van der Waals surface area contributed by atoms with Crippen LogP contribution >= 0.6 is 24.0 Å². The Bertz CT molecular complexity index is 688. The number of nitrogens with zero attached hydrogens (tertiary/aromatic N) is 1. The second-order valence-corrected chi connectivity index (χ2v) is 8.37. The van der Waals surface area contributed by atoms with Crippen molar-refractivity contribution in [3.63, 3.8) is 0 Å². The van der Waals surface area contributed by atoms with E-state index in [-0.39, 0.29) is 29.6 Å². The molecule has 0 bridgehead atoms. The molecule has 0 saturated heterocycles. The van der Waals surface area contributed by atoms with Crippen LogP contribution in [0.5, 0.6) is 0 Å². The van der Waals surface area contributed by atoms with Crippen LogP contribution in [-0.2, 0) is 21.1 Å². The first kappa shape index (κ1) is 24.1. The Morgan fingerprint density at radius 2 is 1.92 bits per heavy atom. The molecule has 0 aliphatic carbocycles. The van der Waals surface area contributed by atoms with E-state index in [9.17, 15) is 8.42 Å². The predicted octanol–water partition coefficient (Wildman–Crippen LogP) is 2.50. The molecule has 0 radical (unpaired) electrons. The lowest BCUT2D eigenvalue weighted by Crippen LogP contribution is -2.45. The van der Waals surface area contributed by atoms with Crippen molar-refractivity contribution in [3.05, 3.63) is 29.3 Å². The maximum Gasteiger partial charge on any atom is 0.191 e. The van der Waals surface area contributed by atoms with Gasteiger partial charge in [-0.05, 0) is 44.9 Å². The quantitative estimate of drug-likeness (QED) is 0.354. The van der Waals surface area contributed by atoms with E-state index in [0.717, 1.165) is 17.7 Å². The van der Waals surface area contributed by atoms with Crippen molar-refractivity contribution >= 4 is 39.8 Å². The molecule has 0 unspecified atom stereocenters. The van der Waals surface area contributed by atoms with Gasteiger partial charge >= 0.3 is 0 Å². The summed E-state index contributed by atoms with van der Waals surface area (Å²) in [6, 6.07) is 5.31. The van der Waals surface area contributed by atoms with Crippen molar-refractivity contribution in [1.82, 2.24) is 10.6 Å². The molecule has 0 fully saturated rings. The summed E-state index contributed by atoms with van der Waals surface area (Å²) in [7, 11) is -1.51. The normalized spacial score (nSPS) is 12.5. The van der Waals surface area contributed by atoms with Gasteiger partial charge in [-0.15, -0.1) is 24.0 Å². The highest BCUT2D eigenvalue weighted by atomic mass is 127. The molecule has 0 aromatic heterocycles. The summed E-state index contributed by atoms with van der Waals surface area (Å²) >= 11 is 0. The molecule has 6 nitrogen and oxygen atoms in total. The molecule has 8 heteroatoms. The molecule has 0 amide bonds. The summed E-state index contributed by atoms with van der Waals surface area (Å²) in [6.07, 6.45) is 1.22. The van der Waals surface area contributed by atoms with Crippen LogP contribution in [0.1, 0.15) is 31.9 Å². The van der Waals surface area contributed by atoms with Crippen LogP contribution in [0.3, 0.4) is 0 Å². The zero-order valence-electron chi connectivity index (χ0n) is 15.8. The van der Waals surface area contributed by atoms with Crippen LogP contribution in [0.2, 0.25) is 0 Å². The molecule has 25 heavy (non-hydrogen) atoms. The van der Waals surface area contributed by atoms with Gasteiger partial charge in [-0.1, -0.05) is 12.1 Å². The lowest BCUT2D eigenvalue weighted by Gasteiger charge is -2.24. The van der Waals surface area contributed by atoms with Crippen molar-refractivity contribution in [1.29, 1.82) is 0 Å². The average molecular weight is 483 g/mol. The minimum atomic E-state index is -3.19. The molecular formula is C17H30IN3O3S. The van der Waals surface area contributed by atoms with Crippen LogP contribution < -0.4 is 10.6 Å². The van der Waals surface area contributed by atoms with E-state index in [1.54, 1.807) is 26.2 Å². The molecule has 0 heterocycles. The van der Waals surface area contributed by atoms with Gasteiger partial charge in [0.05, 0.1) is 17.0 Å². The number of aliphatic imine (C=N–C) groups is 1. The van der Waals surface area contributed by atoms with Crippen molar-refractivity contribution in [3.8, 4) is 0 Å². The maximum atomic E-state index is 11.7. The predicted molar refractivity (Wildman–Crippen MR) is 114 cm³/mol. The zero-order chi connectivity index (χ0) is 18.4. The van der Waals surface area contributed by atoms with E-state index in [1.165, 1.54) is 6.26 Å². The van der Waals surface area contributed by atoms with Gasteiger partial charge in [-0.2, -0.15) is 0 Å². The Morgan fingerprint density at radius 3 is 2.40 bits per heavy atom. The van der Waals surface area contributed by atoms with E-state index in [2.05, 4.69) is 15.6 Å². The minimum Gasteiger partial charge on any atom is -0.377 e. The van der Waals surface area contributed by atoms with Gasteiger partial charge in [0.1, 0.15) is 0 Å². The van der Waals surface area contributed by atoms with Crippen LogP contribution in [0, 0.1) is 6.92 Å². The van der Waals surface area contributed by atoms with E-state index in [0.29, 0.717) is 23.9 Å². The largest absolute Gasteiger partial charge is 0.377 e. The molecule has 0 atom stereocenters. The molecule has 144 valence electrons. The highest BCUT2D eigenvalue weighted by molar-refractivity contribution is 14.0. The second-order valence-electron chi connectivity index (χ2n) is 6.38. The first-order valence-corrected chi connectivity index (χ1v) is 9.85. The third kappa shape index (κ3) is 8.37. The molecule has 0 aliphatic heterocycles. The van der Waals surface area contributed by atoms with Gasteiger partial charge in [0, 0.05) is 26.5 Å². The number of ether oxygens (including phenoxy) is 1. The first-order valence-electron chi connectivity index (χ1n) is 7.96. The van der Waals surface area contributed by atoms with Gasteiger partial charge in [0.15, 0.2) is 15.8 Å². The van der Waals surface area contributed by atoms with Gasteiger partial charge in [-0.3, -0.25) is 0 Å². The van der Waals surface area contributed by atoms with Crippen LogP contribution in [0.15, 0.2) is 28.1 Å². The molecule has 1 aromatic carbocycles. The summed E-state index contributed by atoms with van der Waals surface area (Å²) in [4.78, 5) is 4.91. The molecule has 0 spiro atoms. The van der Waals surface area contributed by atoms with E-state index < -0.39 is 9.84 Å². The monoisotopic (exact) mass is 483 g/mol. The highest BCUT2D eigenvalue weighted by Crippen LogP contribution is 2.17. The summed E-state index contributed by atoms with van der Waals surface area (Å²) in [6.45, 7) is 9.64. The van der Waals surface area contributed by atoms with Gasteiger partial charge in [0.25, 0.3) is 0 Å². The fourth-order valence-electron chi connectivity index (χ4n) is 2.11. The van der Waals surface area contributed by atoms with Crippen molar-refractivity contribution in [2.75, 3.05) is 26.5 Å². The van der Waals surface area contributed by atoms with Crippen molar-refractivity contribution in [2.24, 2.45) is 4.99 Å². The highest BCUT2D eigenvalue weighted by Gasteiger charge is 2.16. The van der Waals surface area contributed by atoms with Gasteiger partial charge in [0.2, 0.25) is 0 Å². The molecule has 0 saturated carbocycles. The number of hydrogen-bond acceptors (Lipinski definition) is 4. The fraction of sp³-hybridized carbons (Fsp3) is 0.588. The number of halogens is 1. The molecule has 2 N–H and O–H groups in total. The molecular weight excluding hydrogens is 453 g/mol. The Labute approximate surface area is 168 Å². The Morgan fingerprint density at radius 1 is 1.28 bits per heavy atom. The number of rotatable bonds is 7. The number of benzene rings is 1. The number of guanidine groups is 1. The van der Waals surface area contributed by atoms with Gasteiger partial charge in [-0.25, -0.2) is 13.4 Å². The number of methoxy groups -OCH3 is 1. The van der Waals surface area contributed by atoms with E-state index >= 15 is 0 Å². The first-order chi connectivity index (χ1) is 11.1. The molecule has 1 aromatic rings. The van der Waals surface area contributed by atoms with Gasteiger partial charge < -0.3 is 15.4 Å².